The van der Waals surface area contributed by atoms with Gasteiger partial charge in [-0.25, -0.2) is 9.37 Å². The van der Waals surface area contributed by atoms with Crippen LogP contribution in [0.4, 0.5) is 10.2 Å². The van der Waals surface area contributed by atoms with Gasteiger partial charge in [0.1, 0.15) is 11.2 Å². The van der Waals surface area contributed by atoms with Gasteiger partial charge in [0.05, 0.1) is 5.56 Å². The lowest BCUT2D eigenvalue weighted by molar-refractivity contribution is 0.625. The average molecular weight is 186 g/mol. The Balaban J connectivity index is 3.28. The number of anilines is 1. The Morgan fingerprint density at radius 1 is 1.75 bits per heavy atom. The summed E-state index contributed by atoms with van der Waals surface area (Å²) in [6.07, 6.45) is 0. The molecular weight excluding hydrogens is 181 g/mol. The molecule has 1 heterocycles. The van der Waals surface area contributed by atoms with E-state index in [9.17, 15) is 4.39 Å². The summed E-state index contributed by atoms with van der Waals surface area (Å²) >= 11 is 5.54. The van der Waals surface area contributed by atoms with E-state index in [2.05, 4.69) is 10.3 Å². The highest BCUT2D eigenvalue weighted by Crippen LogP contribution is 2.18. The first-order valence-electron chi connectivity index (χ1n) is 3.13. The molecule has 0 bridgehead atoms. The predicted octanol–water partition coefficient (Wildman–Crippen LogP) is 1.79. The number of pyridine rings is 1. The van der Waals surface area contributed by atoms with Crippen molar-refractivity contribution in [1.82, 2.24) is 4.98 Å². The summed E-state index contributed by atoms with van der Waals surface area (Å²) in [7, 11) is 1.52. The maximum atomic E-state index is 12.9. The van der Waals surface area contributed by atoms with Crippen LogP contribution in [-0.2, 0) is 0 Å². The molecule has 0 aliphatic carbocycles. The minimum absolute atomic E-state index is 0.00301. The molecule has 0 aliphatic heterocycles. The zero-order valence-corrected chi connectivity index (χ0v) is 6.98. The number of nitrogens with zero attached hydrogens (tertiary/aromatic N) is 2. The van der Waals surface area contributed by atoms with Gasteiger partial charge in [-0.05, 0) is 6.07 Å². The predicted molar refractivity (Wildman–Crippen MR) is 43.5 cm³/mol. The van der Waals surface area contributed by atoms with Gasteiger partial charge in [-0.1, -0.05) is 11.6 Å². The van der Waals surface area contributed by atoms with Crippen LogP contribution >= 0.6 is 11.6 Å². The van der Waals surface area contributed by atoms with E-state index >= 15 is 0 Å². The van der Waals surface area contributed by atoms with Crippen molar-refractivity contribution in [1.29, 1.82) is 5.26 Å². The highest BCUT2D eigenvalue weighted by Gasteiger charge is 2.07. The van der Waals surface area contributed by atoms with Gasteiger partial charge in [-0.3, -0.25) is 0 Å². The zero-order chi connectivity index (χ0) is 9.14. The smallest absolute Gasteiger partial charge is 0.166 e. The van der Waals surface area contributed by atoms with Crippen LogP contribution in [0.2, 0.25) is 5.15 Å². The summed E-state index contributed by atoms with van der Waals surface area (Å²) in [6.45, 7) is 0. The van der Waals surface area contributed by atoms with Crippen molar-refractivity contribution in [3.8, 4) is 6.07 Å². The normalized spacial score (nSPS) is 9.17. The average Bonchev–Trinajstić information content (AvgIpc) is 2.08. The zero-order valence-electron chi connectivity index (χ0n) is 6.23. The lowest BCUT2D eigenvalue weighted by Gasteiger charge is -2.01. The third kappa shape index (κ3) is 1.46. The minimum atomic E-state index is -0.585. The Morgan fingerprint density at radius 2 is 2.42 bits per heavy atom. The molecule has 0 atom stereocenters. The number of rotatable bonds is 1. The molecule has 1 aromatic rings. The fraction of sp³-hybridized carbons (Fsp3) is 0.143. The summed E-state index contributed by atoms with van der Waals surface area (Å²) in [5, 5.41) is 11.0. The third-order valence-corrected chi connectivity index (χ3v) is 1.57. The van der Waals surface area contributed by atoms with Crippen molar-refractivity contribution < 1.29 is 4.39 Å². The van der Waals surface area contributed by atoms with E-state index in [1.807, 2.05) is 0 Å². The topological polar surface area (TPSA) is 48.7 Å². The third-order valence-electron chi connectivity index (χ3n) is 1.29. The Bertz CT molecular complexity index is 344. The van der Waals surface area contributed by atoms with Gasteiger partial charge in [0.2, 0.25) is 0 Å². The molecule has 5 heteroatoms. The first kappa shape index (κ1) is 8.75. The standard InChI is InChI=1S/C7H5ClFN3/c1-11-7-5(9)2-4(3-10)6(8)12-7/h2H,1H3,(H,11,12). The highest BCUT2D eigenvalue weighted by atomic mass is 35.5. The fourth-order valence-electron chi connectivity index (χ4n) is 0.720. The van der Waals surface area contributed by atoms with E-state index in [0.29, 0.717) is 0 Å². The van der Waals surface area contributed by atoms with Crippen molar-refractivity contribution in [2.24, 2.45) is 0 Å². The van der Waals surface area contributed by atoms with Crippen molar-refractivity contribution in [2.75, 3.05) is 12.4 Å². The fourth-order valence-corrected chi connectivity index (χ4v) is 0.901. The quantitative estimate of drug-likeness (QED) is 0.679. The molecule has 1 rings (SSSR count). The van der Waals surface area contributed by atoms with Gasteiger partial charge >= 0.3 is 0 Å². The molecule has 1 N–H and O–H groups in total. The maximum Gasteiger partial charge on any atom is 0.166 e. The van der Waals surface area contributed by atoms with Crippen molar-refractivity contribution in [2.45, 2.75) is 0 Å². The van der Waals surface area contributed by atoms with E-state index in [0.717, 1.165) is 6.07 Å². The lowest BCUT2D eigenvalue weighted by Crippen LogP contribution is -1.97. The van der Waals surface area contributed by atoms with E-state index in [-0.39, 0.29) is 16.5 Å². The molecule has 3 nitrogen and oxygen atoms in total. The molecule has 0 aromatic carbocycles. The van der Waals surface area contributed by atoms with Gasteiger partial charge < -0.3 is 5.32 Å². The van der Waals surface area contributed by atoms with Gasteiger partial charge in [-0.15, -0.1) is 0 Å². The molecule has 0 amide bonds. The van der Waals surface area contributed by atoms with E-state index < -0.39 is 5.82 Å². The van der Waals surface area contributed by atoms with Crippen LogP contribution < -0.4 is 5.32 Å². The van der Waals surface area contributed by atoms with Gasteiger partial charge in [0, 0.05) is 7.05 Å². The SMILES string of the molecule is CNc1nc(Cl)c(C#N)cc1F. The Labute approximate surface area is 73.8 Å². The second kappa shape index (κ2) is 3.37. The molecule has 12 heavy (non-hydrogen) atoms. The first-order chi connectivity index (χ1) is 5.69. The Hall–Kier alpha value is -1.34. The molecule has 0 spiro atoms. The molecule has 0 radical (unpaired) electrons. The number of hydrogen-bond acceptors (Lipinski definition) is 3. The molecule has 0 aliphatic rings. The number of aromatic nitrogens is 1. The van der Waals surface area contributed by atoms with E-state index in [1.54, 1.807) is 6.07 Å². The molecule has 1 aromatic heterocycles. The van der Waals surface area contributed by atoms with E-state index in [4.69, 9.17) is 16.9 Å². The molecule has 0 fully saturated rings. The summed E-state index contributed by atoms with van der Waals surface area (Å²) in [4.78, 5) is 3.62. The summed E-state index contributed by atoms with van der Waals surface area (Å²) < 4.78 is 12.9. The summed E-state index contributed by atoms with van der Waals surface area (Å²) in [5.74, 6) is -0.544. The molecule has 0 saturated carbocycles. The second-order valence-electron chi connectivity index (χ2n) is 2.02. The van der Waals surface area contributed by atoms with Gasteiger partial charge in [0.15, 0.2) is 11.6 Å². The first-order valence-corrected chi connectivity index (χ1v) is 3.50. The van der Waals surface area contributed by atoms with Crippen LogP contribution in [0.5, 0.6) is 0 Å². The number of hydrogen-bond donors (Lipinski definition) is 1. The van der Waals surface area contributed by atoms with Gasteiger partial charge in [-0.2, -0.15) is 5.26 Å². The molecule has 62 valence electrons. The number of nitriles is 1. The monoisotopic (exact) mass is 185 g/mol. The van der Waals surface area contributed by atoms with Crippen molar-refractivity contribution in [3.63, 3.8) is 0 Å². The van der Waals surface area contributed by atoms with E-state index in [1.165, 1.54) is 7.05 Å². The molecular formula is C7H5ClFN3. The lowest BCUT2D eigenvalue weighted by atomic mass is 10.3. The number of nitrogens with one attached hydrogen (secondary N) is 1. The summed E-state index contributed by atoms with van der Waals surface area (Å²) in [6, 6.07) is 2.77. The molecule has 0 unspecified atom stereocenters. The van der Waals surface area contributed by atoms with Crippen LogP contribution in [0.1, 0.15) is 5.56 Å². The Morgan fingerprint density at radius 3 is 2.92 bits per heavy atom. The molecule has 0 saturated heterocycles. The van der Waals surface area contributed by atoms with Gasteiger partial charge in [0.25, 0.3) is 0 Å². The Kier molecular flexibility index (Phi) is 2.46. The highest BCUT2D eigenvalue weighted by molar-refractivity contribution is 6.30. The van der Waals surface area contributed by atoms with Crippen LogP contribution in [0.15, 0.2) is 6.07 Å². The van der Waals surface area contributed by atoms with Crippen LogP contribution in [-0.4, -0.2) is 12.0 Å². The van der Waals surface area contributed by atoms with Crippen molar-refractivity contribution >= 4 is 17.4 Å². The summed E-state index contributed by atoms with van der Waals surface area (Å²) in [5.41, 5.74) is 0.0353. The second-order valence-corrected chi connectivity index (χ2v) is 2.38. The van der Waals surface area contributed by atoms with Crippen LogP contribution in [0.25, 0.3) is 0 Å². The number of halogens is 2. The maximum absolute atomic E-state index is 12.9. The minimum Gasteiger partial charge on any atom is -0.371 e. The largest absolute Gasteiger partial charge is 0.371 e. The van der Waals surface area contributed by atoms with Crippen molar-refractivity contribution in [3.05, 3.63) is 22.6 Å². The van der Waals surface area contributed by atoms with Crippen LogP contribution in [0, 0.1) is 17.1 Å². The van der Waals surface area contributed by atoms with Crippen LogP contribution in [0.3, 0.4) is 0 Å².